The number of halogens is 6. The molecule has 0 unspecified atom stereocenters. The van der Waals surface area contributed by atoms with Crippen LogP contribution in [0.1, 0.15) is 92.6 Å². The zero-order valence-electron chi connectivity index (χ0n) is 32.7. The third kappa shape index (κ3) is 270. The van der Waals surface area contributed by atoms with E-state index in [1.165, 1.54) is 25.3 Å². The van der Waals surface area contributed by atoms with Crippen molar-refractivity contribution >= 4 is 0 Å². The van der Waals surface area contributed by atoms with Crippen LogP contribution in [-0.2, 0) is 4.74 Å². The van der Waals surface area contributed by atoms with Gasteiger partial charge in [-0.1, -0.05) is 89.4 Å². The number of methoxy groups -OCH3 is 1. The van der Waals surface area contributed by atoms with Crippen LogP contribution in [0.2, 0.25) is 0 Å². The van der Waals surface area contributed by atoms with Gasteiger partial charge in [0.2, 0.25) is 13.0 Å². The molecule has 0 bridgehead atoms. The maximum Gasteiger partial charge on any atom is 0.388 e. The lowest BCUT2D eigenvalue weighted by atomic mass is 10.2. The minimum absolute atomic E-state index is 0.0278. The average Bonchev–Trinajstić information content (AvgIpc) is 3.81. The first-order valence-corrected chi connectivity index (χ1v) is 15.9. The SMILES string of the molecule is C=CCC.CC1CC1.CCC(F)(F)F.CCC(F)F.CCCF.CCO.CN(C)C.CNC.COC.Cc1ccccc1.[C-]#[N+]CC. The van der Waals surface area contributed by atoms with Gasteiger partial charge in [-0.2, -0.15) is 13.2 Å². The number of aliphatic hydroxyl groups excluding tert-OH is 1. The number of hydrogen-bond donors (Lipinski definition) is 2. The van der Waals surface area contributed by atoms with Crippen molar-refractivity contribution in [2.45, 2.75) is 107 Å². The summed E-state index contributed by atoms with van der Waals surface area (Å²) in [6.45, 7) is 24.5. The van der Waals surface area contributed by atoms with Crippen molar-refractivity contribution in [3.05, 3.63) is 60.0 Å². The topological polar surface area (TPSA) is 49.1 Å². The minimum Gasteiger partial charge on any atom is -0.397 e. The molecule has 0 aliphatic heterocycles. The van der Waals surface area contributed by atoms with E-state index in [2.05, 4.69) is 54.4 Å². The number of nitrogens with one attached hydrogen (secondary N) is 1. The number of ether oxygens (including phenoxy) is 1. The van der Waals surface area contributed by atoms with Gasteiger partial charge in [0.05, 0.1) is 6.67 Å². The van der Waals surface area contributed by atoms with Gasteiger partial charge < -0.3 is 24.9 Å². The van der Waals surface area contributed by atoms with E-state index in [4.69, 9.17) is 11.7 Å². The summed E-state index contributed by atoms with van der Waals surface area (Å²) in [6, 6.07) is 10.3. The van der Waals surface area contributed by atoms with Crippen LogP contribution in [0.4, 0.5) is 26.3 Å². The molecule has 47 heavy (non-hydrogen) atoms. The van der Waals surface area contributed by atoms with Gasteiger partial charge in [0.15, 0.2) is 0 Å². The Morgan fingerprint density at radius 1 is 1.02 bits per heavy atom. The molecule has 1 fully saturated rings. The number of aryl methyl sites for hydroxylation is 1. The summed E-state index contributed by atoms with van der Waals surface area (Å²) >= 11 is 0. The first kappa shape index (κ1) is 67.1. The van der Waals surface area contributed by atoms with Crippen LogP contribution in [0, 0.1) is 19.4 Å². The number of benzene rings is 1. The van der Waals surface area contributed by atoms with E-state index in [-0.39, 0.29) is 19.7 Å². The summed E-state index contributed by atoms with van der Waals surface area (Å²) < 4.78 is 68.9. The average molecular weight is 696 g/mol. The fraction of sp³-hybridized carbons (Fsp3) is 0.750. The highest BCUT2D eigenvalue weighted by Crippen LogP contribution is 2.26. The van der Waals surface area contributed by atoms with Crippen LogP contribution in [0.3, 0.4) is 0 Å². The Balaban J connectivity index is -0.0000000489. The molecule has 0 radical (unpaired) electrons. The highest BCUT2D eigenvalue weighted by atomic mass is 19.4. The molecule has 1 aromatic rings. The zero-order chi connectivity index (χ0) is 39.5. The van der Waals surface area contributed by atoms with Gasteiger partial charge in [-0.15, -0.1) is 6.58 Å². The van der Waals surface area contributed by atoms with Gasteiger partial charge in [-0.3, -0.25) is 4.39 Å². The largest absolute Gasteiger partial charge is 0.397 e. The molecule has 288 valence electrons. The monoisotopic (exact) mass is 696 g/mol. The Morgan fingerprint density at radius 3 is 1.28 bits per heavy atom. The molecule has 0 atom stereocenters. The Kier molecular flexibility index (Phi) is 100. The third-order valence-electron chi connectivity index (χ3n) is 3.15. The Hall–Kier alpha value is -2.13. The van der Waals surface area contributed by atoms with E-state index in [0.29, 0.717) is 13.0 Å². The summed E-state index contributed by atoms with van der Waals surface area (Å²) in [5.74, 6) is 1.08. The van der Waals surface area contributed by atoms with Crippen molar-refractivity contribution < 1.29 is 36.2 Å². The van der Waals surface area contributed by atoms with E-state index in [0.717, 1.165) is 19.3 Å². The molecule has 1 aliphatic rings. The Labute approximate surface area is 288 Å². The van der Waals surface area contributed by atoms with Crippen LogP contribution in [-0.4, -0.2) is 91.9 Å². The van der Waals surface area contributed by atoms with Crippen molar-refractivity contribution in [1.29, 1.82) is 0 Å². The number of rotatable bonds is 3. The molecule has 0 saturated heterocycles. The van der Waals surface area contributed by atoms with E-state index >= 15 is 0 Å². The Bertz CT molecular complexity index is 603. The smallest absolute Gasteiger partial charge is 0.388 e. The highest BCUT2D eigenvalue weighted by Gasteiger charge is 2.22. The van der Waals surface area contributed by atoms with Crippen molar-refractivity contribution in [3.63, 3.8) is 0 Å². The molecule has 5 nitrogen and oxygen atoms in total. The summed E-state index contributed by atoms with van der Waals surface area (Å²) in [5, 5.41) is 10.3. The summed E-state index contributed by atoms with van der Waals surface area (Å²) in [7, 11) is 13.0. The van der Waals surface area contributed by atoms with E-state index in [1.54, 1.807) is 28.1 Å². The van der Waals surface area contributed by atoms with Gasteiger partial charge >= 0.3 is 6.18 Å². The second-order valence-corrected chi connectivity index (χ2v) is 9.53. The minimum atomic E-state index is -3.96. The predicted octanol–water partition coefficient (Wildman–Crippen LogP) is 11.2. The highest BCUT2D eigenvalue weighted by molar-refractivity contribution is 5.11. The van der Waals surface area contributed by atoms with Crippen LogP contribution < -0.4 is 5.32 Å². The number of hydrogen-bond acceptors (Lipinski definition) is 4. The predicted molar refractivity (Wildman–Crippen MR) is 196 cm³/mol. The fourth-order valence-corrected chi connectivity index (χ4v) is 0.701. The first-order valence-electron chi connectivity index (χ1n) is 15.9. The lowest BCUT2D eigenvalue weighted by Crippen LogP contribution is -2.02. The normalized spacial score (nSPS) is 9.60. The molecular weight excluding hydrogens is 620 g/mol. The molecule has 11 heteroatoms. The van der Waals surface area contributed by atoms with Crippen molar-refractivity contribution in [3.8, 4) is 0 Å². The maximum absolute atomic E-state index is 10.8. The number of allylic oxidation sites excluding steroid dienone is 1. The van der Waals surface area contributed by atoms with Crippen molar-refractivity contribution in [2.75, 3.05) is 69.3 Å². The lowest BCUT2D eigenvalue weighted by Gasteiger charge is -1.96. The standard InChI is InChI=1S/C7H8.2C4H8.C3H5F3.C3H6F2.C3H7F.C3H9N.C3H5N.C2H7N.2C2H6O/c1-7-5-3-2-4-6-7;1-4-2-3-4;1-3-4-2;1-2-3(4,5)6;1-2-3(4)5;1-2-3-4;1-4(2)3;1-3-4-2;2*1-3-2;1-2-3/h2-6H,1H3;4H,2-3H2,1H3;3H,1,4H2,2H3;2H2,1H3;3H,2H2,1H3;2-3H2,1H3;1-3H3;3H2,1H3;3H,1-2H3;1-2H3;3H,2H2,1H3. The third-order valence-corrected chi connectivity index (χ3v) is 3.15. The van der Waals surface area contributed by atoms with Crippen LogP contribution in [0.5, 0.6) is 0 Å². The summed E-state index contributed by atoms with van der Waals surface area (Å²) in [5.41, 5.74) is 1.32. The maximum atomic E-state index is 10.8. The zero-order valence-corrected chi connectivity index (χ0v) is 32.7. The molecule has 1 saturated carbocycles. The van der Waals surface area contributed by atoms with Gasteiger partial charge in [-0.25, -0.2) is 15.4 Å². The fourth-order valence-electron chi connectivity index (χ4n) is 0.701. The van der Waals surface area contributed by atoms with E-state index in [9.17, 15) is 26.3 Å². The Morgan fingerprint density at radius 2 is 1.23 bits per heavy atom. The number of alkyl halides is 6. The molecule has 0 heterocycles. The lowest BCUT2D eigenvalue weighted by molar-refractivity contribution is -0.130. The van der Waals surface area contributed by atoms with E-state index in [1.807, 2.05) is 71.3 Å². The molecule has 0 aromatic heterocycles. The molecule has 2 N–H and O–H groups in total. The summed E-state index contributed by atoms with van der Waals surface area (Å²) in [6.07, 6.45) is -0.248. The van der Waals surface area contributed by atoms with Crippen molar-refractivity contribution in [1.82, 2.24) is 10.2 Å². The molecular formula is C36H75F6N3O2. The van der Waals surface area contributed by atoms with Gasteiger partial charge in [-0.05, 0) is 67.8 Å². The van der Waals surface area contributed by atoms with Crippen LogP contribution in [0.15, 0.2) is 43.0 Å². The summed E-state index contributed by atoms with van der Waals surface area (Å²) in [4.78, 5) is 4.99. The van der Waals surface area contributed by atoms with Crippen LogP contribution in [0.25, 0.3) is 4.85 Å². The van der Waals surface area contributed by atoms with Gasteiger partial charge in [0.25, 0.3) is 0 Å². The van der Waals surface area contributed by atoms with Gasteiger partial charge in [0, 0.05) is 40.6 Å². The van der Waals surface area contributed by atoms with E-state index < -0.39 is 19.0 Å². The number of aliphatic hydroxyl groups is 1. The second-order valence-electron chi connectivity index (χ2n) is 9.53. The second kappa shape index (κ2) is 70.3. The molecule has 1 aromatic carbocycles. The molecule has 1 aliphatic carbocycles. The molecule has 0 amide bonds. The molecule has 0 spiro atoms. The molecule has 2 rings (SSSR count). The van der Waals surface area contributed by atoms with Crippen molar-refractivity contribution in [2.24, 2.45) is 5.92 Å². The quantitative estimate of drug-likeness (QED) is 0.188. The number of nitrogens with zero attached hydrogens (tertiary/aromatic N) is 2. The first-order chi connectivity index (χ1) is 21.8. The van der Waals surface area contributed by atoms with Crippen LogP contribution >= 0.6 is 0 Å². The van der Waals surface area contributed by atoms with Gasteiger partial charge in [0.1, 0.15) is 0 Å².